The Kier molecular flexibility index (Phi) is 5.19. The molecule has 2 rings (SSSR count). The summed E-state index contributed by atoms with van der Waals surface area (Å²) in [6.45, 7) is 0.0998. The predicted molar refractivity (Wildman–Crippen MR) is 86.9 cm³/mol. The molecule has 0 heterocycles. The molecule has 3 nitrogen and oxygen atoms in total. The fourth-order valence-corrected chi connectivity index (χ4v) is 4.69. The maximum atomic E-state index is 13.2. The molecule has 21 heavy (non-hydrogen) atoms. The molecule has 7 heteroatoms. The van der Waals surface area contributed by atoms with E-state index in [1.165, 1.54) is 29.6 Å². The smallest absolute Gasteiger partial charge is 0.207 e. The Morgan fingerprint density at radius 2 is 1.86 bits per heavy atom. The highest BCUT2D eigenvalue weighted by atomic mass is 79.9. The third-order valence-corrected chi connectivity index (χ3v) is 6.15. The molecule has 0 aliphatic rings. The predicted octanol–water partition coefficient (Wildman–Crippen LogP) is 4.17. The molecule has 0 aliphatic heterocycles. The molecule has 0 amide bonds. The quantitative estimate of drug-likeness (QED) is 0.721. The summed E-state index contributed by atoms with van der Waals surface area (Å²) in [4.78, 5) is 0.171. The zero-order valence-corrected chi connectivity index (χ0v) is 15.0. The van der Waals surface area contributed by atoms with Gasteiger partial charge in [0.1, 0.15) is 5.82 Å². The van der Waals surface area contributed by atoms with Gasteiger partial charge in [0.05, 0.1) is 4.90 Å². The molecular weight excluding hydrogens is 425 g/mol. The molecule has 2 aromatic rings. The van der Waals surface area contributed by atoms with E-state index in [-0.39, 0.29) is 17.3 Å². The summed E-state index contributed by atoms with van der Waals surface area (Å²) in [6, 6.07) is 10.7. The van der Waals surface area contributed by atoms with E-state index >= 15 is 0 Å². The lowest BCUT2D eigenvalue weighted by molar-refractivity contribution is 0.465. The van der Waals surface area contributed by atoms with Crippen molar-refractivity contribution < 1.29 is 12.8 Å². The van der Waals surface area contributed by atoms with Gasteiger partial charge >= 0.3 is 0 Å². The van der Waals surface area contributed by atoms with Crippen molar-refractivity contribution in [1.29, 1.82) is 0 Å². The monoisotopic (exact) mass is 435 g/mol. The summed E-state index contributed by atoms with van der Waals surface area (Å²) < 4.78 is 40.7. The van der Waals surface area contributed by atoms with Gasteiger partial charge < -0.3 is 0 Å². The molecule has 0 fully saturated rings. The van der Waals surface area contributed by atoms with E-state index in [1.54, 1.807) is 24.3 Å². The molecule has 0 atom stereocenters. The number of nitrogens with zero attached hydrogens (tertiary/aromatic N) is 1. The summed E-state index contributed by atoms with van der Waals surface area (Å²) in [5.41, 5.74) is 0.592. The molecule has 0 radical (unpaired) electrons. The molecule has 0 saturated heterocycles. The largest absolute Gasteiger partial charge is 0.244 e. The molecule has 0 bridgehead atoms. The van der Waals surface area contributed by atoms with E-state index in [9.17, 15) is 12.8 Å². The minimum Gasteiger partial charge on any atom is -0.207 e. The first-order chi connectivity index (χ1) is 9.80. The van der Waals surface area contributed by atoms with Crippen LogP contribution >= 0.6 is 31.9 Å². The molecule has 0 spiro atoms. The second kappa shape index (κ2) is 6.56. The van der Waals surface area contributed by atoms with Crippen LogP contribution in [0.1, 0.15) is 5.56 Å². The van der Waals surface area contributed by atoms with Crippen LogP contribution in [0.4, 0.5) is 4.39 Å². The zero-order valence-electron chi connectivity index (χ0n) is 11.1. The van der Waals surface area contributed by atoms with Crippen molar-refractivity contribution in [2.75, 3.05) is 7.05 Å². The lowest BCUT2D eigenvalue weighted by atomic mass is 10.2. The van der Waals surface area contributed by atoms with Crippen LogP contribution in [0.25, 0.3) is 0 Å². The number of rotatable bonds is 4. The highest BCUT2D eigenvalue weighted by molar-refractivity contribution is 9.11. The van der Waals surface area contributed by atoms with Crippen LogP contribution in [0.2, 0.25) is 0 Å². The number of hydrogen-bond donors (Lipinski definition) is 0. The average molecular weight is 437 g/mol. The van der Waals surface area contributed by atoms with Gasteiger partial charge in [-0.15, -0.1) is 0 Å². The molecule has 0 aliphatic carbocycles. The minimum atomic E-state index is -3.65. The molecule has 0 N–H and O–H groups in total. The molecular formula is C14H12Br2FNO2S. The van der Waals surface area contributed by atoms with Crippen LogP contribution in [-0.4, -0.2) is 19.8 Å². The van der Waals surface area contributed by atoms with Gasteiger partial charge in [-0.05, 0) is 51.8 Å². The van der Waals surface area contributed by atoms with Gasteiger partial charge in [-0.2, -0.15) is 4.31 Å². The van der Waals surface area contributed by atoms with Crippen molar-refractivity contribution in [3.63, 3.8) is 0 Å². The number of hydrogen-bond acceptors (Lipinski definition) is 2. The molecule has 0 unspecified atom stereocenters. The Hall–Kier alpha value is -0.760. The van der Waals surface area contributed by atoms with Crippen LogP contribution in [0.5, 0.6) is 0 Å². The van der Waals surface area contributed by atoms with Crippen molar-refractivity contribution in [3.05, 3.63) is 62.8 Å². The van der Waals surface area contributed by atoms with Gasteiger partial charge in [-0.1, -0.05) is 28.1 Å². The van der Waals surface area contributed by atoms with Crippen LogP contribution in [0.15, 0.2) is 56.3 Å². The van der Waals surface area contributed by atoms with Gasteiger partial charge in [-0.3, -0.25) is 0 Å². The van der Waals surface area contributed by atoms with Crippen LogP contribution in [0.3, 0.4) is 0 Å². The zero-order chi connectivity index (χ0) is 15.6. The third kappa shape index (κ3) is 3.91. The molecule has 2 aromatic carbocycles. The first kappa shape index (κ1) is 16.6. The van der Waals surface area contributed by atoms with Crippen molar-refractivity contribution in [2.45, 2.75) is 11.4 Å². The highest BCUT2D eigenvalue weighted by Crippen LogP contribution is 2.28. The Morgan fingerprint density at radius 3 is 2.48 bits per heavy atom. The lowest BCUT2D eigenvalue weighted by Gasteiger charge is -2.18. The first-order valence-corrected chi connectivity index (χ1v) is 8.99. The normalized spacial score (nSPS) is 11.9. The number of benzene rings is 2. The van der Waals surface area contributed by atoms with E-state index in [1.807, 2.05) is 0 Å². The van der Waals surface area contributed by atoms with E-state index in [0.717, 1.165) is 4.47 Å². The van der Waals surface area contributed by atoms with E-state index in [0.29, 0.717) is 10.0 Å². The maximum absolute atomic E-state index is 13.2. The van der Waals surface area contributed by atoms with Gasteiger partial charge in [0.25, 0.3) is 0 Å². The Morgan fingerprint density at radius 1 is 1.14 bits per heavy atom. The summed E-state index contributed by atoms with van der Waals surface area (Å²) in [5, 5.41) is 0. The first-order valence-electron chi connectivity index (χ1n) is 5.96. The van der Waals surface area contributed by atoms with Crippen molar-refractivity contribution in [1.82, 2.24) is 4.31 Å². The van der Waals surface area contributed by atoms with Gasteiger partial charge in [0, 0.05) is 22.5 Å². The van der Waals surface area contributed by atoms with Gasteiger partial charge in [0.2, 0.25) is 10.0 Å². The standard InChI is InChI=1S/C14H12Br2FNO2S/c1-18(9-10-3-2-4-12(17)7-10)21(19,20)14-6-5-11(15)8-13(14)16/h2-8H,9H2,1H3. The Labute approximate surface area is 140 Å². The second-order valence-electron chi connectivity index (χ2n) is 4.47. The summed E-state index contributed by atoms with van der Waals surface area (Å²) in [7, 11) is -2.19. The van der Waals surface area contributed by atoms with E-state index in [2.05, 4.69) is 31.9 Å². The van der Waals surface area contributed by atoms with Crippen molar-refractivity contribution in [2.24, 2.45) is 0 Å². The number of halogens is 3. The Balaban J connectivity index is 2.30. The summed E-state index contributed by atoms with van der Waals surface area (Å²) in [5.74, 6) is -0.386. The van der Waals surface area contributed by atoms with Crippen LogP contribution < -0.4 is 0 Å². The summed E-state index contributed by atoms with van der Waals surface area (Å²) >= 11 is 6.53. The molecule has 0 aromatic heterocycles. The highest BCUT2D eigenvalue weighted by Gasteiger charge is 2.23. The topological polar surface area (TPSA) is 37.4 Å². The van der Waals surface area contributed by atoms with E-state index < -0.39 is 10.0 Å². The SMILES string of the molecule is CN(Cc1cccc(F)c1)S(=O)(=O)c1ccc(Br)cc1Br. The van der Waals surface area contributed by atoms with Gasteiger partial charge in [0.15, 0.2) is 0 Å². The maximum Gasteiger partial charge on any atom is 0.244 e. The lowest BCUT2D eigenvalue weighted by Crippen LogP contribution is -2.26. The van der Waals surface area contributed by atoms with Crippen LogP contribution in [-0.2, 0) is 16.6 Å². The number of sulfonamides is 1. The fraction of sp³-hybridized carbons (Fsp3) is 0.143. The Bertz CT molecular complexity index is 765. The molecule has 0 saturated carbocycles. The summed E-state index contributed by atoms with van der Waals surface area (Å²) in [6.07, 6.45) is 0. The van der Waals surface area contributed by atoms with E-state index in [4.69, 9.17) is 0 Å². The second-order valence-corrected chi connectivity index (χ2v) is 8.25. The van der Waals surface area contributed by atoms with Crippen molar-refractivity contribution >= 4 is 41.9 Å². The third-order valence-electron chi connectivity index (χ3n) is 2.88. The minimum absolute atomic E-state index is 0.0998. The average Bonchev–Trinajstić information content (AvgIpc) is 2.38. The fourth-order valence-electron chi connectivity index (χ4n) is 1.83. The van der Waals surface area contributed by atoms with Crippen molar-refractivity contribution in [3.8, 4) is 0 Å². The molecule has 112 valence electrons. The van der Waals surface area contributed by atoms with Crippen LogP contribution in [0, 0.1) is 5.82 Å². The van der Waals surface area contributed by atoms with Gasteiger partial charge in [-0.25, -0.2) is 12.8 Å².